The molecule has 0 fully saturated rings. The van der Waals surface area contributed by atoms with Gasteiger partial charge in [0.2, 0.25) is 0 Å². The minimum Gasteiger partial charge on any atom is -0.494 e. The highest BCUT2D eigenvalue weighted by atomic mass is 16.5. The van der Waals surface area contributed by atoms with Gasteiger partial charge >= 0.3 is 0 Å². The van der Waals surface area contributed by atoms with Crippen LogP contribution in [-0.4, -0.2) is 31.1 Å². The number of hydrogen-bond donors (Lipinski definition) is 0. The first-order valence-electron chi connectivity index (χ1n) is 8.93. The average molecular weight is 306 g/mol. The van der Waals surface area contributed by atoms with Crippen LogP contribution in [0.1, 0.15) is 65.9 Å². The van der Waals surface area contributed by atoms with Crippen molar-refractivity contribution < 1.29 is 4.74 Å². The molecule has 2 heteroatoms. The molecular weight excluding hydrogens is 270 g/mol. The lowest BCUT2D eigenvalue weighted by Gasteiger charge is -2.19. The first-order valence-corrected chi connectivity index (χ1v) is 8.93. The summed E-state index contributed by atoms with van der Waals surface area (Å²) in [6.45, 7) is 15.6. The van der Waals surface area contributed by atoms with E-state index in [4.69, 9.17) is 4.74 Å². The molecule has 0 radical (unpaired) electrons. The molecule has 1 aromatic rings. The quantitative estimate of drug-likeness (QED) is 0.546. The number of ether oxygens (including phenoxy) is 1. The molecule has 1 rings (SSSR count). The van der Waals surface area contributed by atoms with Crippen LogP contribution in [0.15, 0.2) is 24.3 Å². The van der Waals surface area contributed by atoms with Crippen molar-refractivity contribution in [1.29, 1.82) is 0 Å². The zero-order valence-electron chi connectivity index (χ0n) is 15.3. The molecule has 0 heterocycles. The second kappa shape index (κ2) is 9.89. The van der Waals surface area contributed by atoms with Gasteiger partial charge in [-0.05, 0) is 55.6 Å². The summed E-state index contributed by atoms with van der Waals surface area (Å²) in [4.78, 5) is 2.49. The van der Waals surface area contributed by atoms with Crippen molar-refractivity contribution in [3.63, 3.8) is 0 Å². The summed E-state index contributed by atoms with van der Waals surface area (Å²) in [5.74, 6) is 0.996. The summed E-state index contributed by atoms with van der Waals surface area (Å²) in [6.07, 6.45) is 5.03. The molecule has 2 nitrogen and oxygen atoms in total. The van der Waals surface area contributed by atoms with Crippen LogP contribution < -0.4 is 4.74 Å². The van der Waals surface area contributed by atoms with Crippen molar-refractivity contribution in [1.82, 2.24) is 4.90 Å². The molecule has 0 bridgehead atoms. The second-order valence-electron chi connectivity index (χ2n) is 7.06. The van der Waals surface area contributed by atoms with Gasteiger partial charge in [0.1, 0.15) is 5.75 Å². The molecular formula is C20H35NO. The molecule has 0 unspecified atom stereocenters. The monoisotopic (exact) mass is 305 g/mol. The summed E-state index contributed by atoms with van der Waals surface area (Å²) >= 11 is 0. The summed E-state index contributed by atoms with van der Waals surface area (Å²) in [7, 11) is 0. The lowest BCUT2D eigenvalue weighted by atomic mass is 9.87. The van der Waals surface area contributed by atoms with Gasteiger partial charge in [-0.25, -0.2) is 0 Å². The van der Waals surface area contributed by atoms with E-state index in [-0.39, 0.29) is 5.41 Å². The molecule has 0 saturated carbocycles. The number of hydrogen-bond acceptors (Lipinski definition) is 2. The van der Waals surface area contributed by atoms with Crippen LogP contribution in [0.4, 0.5) is 0 Å². The standard InChI is InChI=1S/C20H35NO/c1-6-21(7-2)16-10-8-9-11-17-22-19-14-12-18(13-15-19)20(3,4)5/h12-15H,6-11,16-17H2,1-5H3. The Kier molecular flexibility index (Phi) is 8.55. The molecule has 0 aromatic heterocycles. The van der Waals surface area contributed by atoms with E-state index in [0.29, 0.717) is 0 Å². The Morgan fingerprint density at radius 1 is 0.864 bits per heavy atom. The normalized spacial score (nSPS) is 11.9. The maximum absolute atomic E-state index is 5.83. The summed E-state index contributed by atoms with van der Waals surface area (Å²) in [6, 6.07) is 8.56. The second-order valence-corrected chi connectivity index (χ2v) is 7.06. The van der Waals surface area contributed by atoms with Crippen molar-refractivity contribution in [2.45, 2.75) is 65.7 Å². The van der Waals surface area contributed by atoms with E-state index in [1.165, 1.54) is 44.5 Å². The Morgan fingerprint density at radius 2 is 1.45 bits per heavy atom. The topological polar surface area (TPSA) is 12.5 Å². The van der Waals surface area contributed by atoms with Gasteiger partial charge in [0.15, 0.2) is 0 Å². The van der Waals surface area contributed by atoms with E-state index in [1.807, 2.05) is 0 Å². The smallest absolute Gasteiger partial charge is 0.119 e. The molecule has 22 heavy (non-hydrogen) atoms. The Bertz CT molecular complexity index is 387. The van der Waals surface area contributed by atoms with E-state index in [2.05, 4.69) is 63.8 Å². The highest BCUT2D eigenvalue weighted by molar-refractivity contribution is 5.31. The SMILES string of the molecule is CCN(CC)CCCCCCOc1ccc(C(C)(C)C)cc1. The van der Waals surface area contributed by atoms with E-state index in [1.54, 1.807) is 0 Å². The number of rotatable bonds is 10. The third kappa shape index (κ3) is 7.31. The van der Waals surface area contributed by atoms with E-state index in [0.717, 1.165) is 18.8 Å². The lowest BCUT2D eigenvalue weighted by Crippen LogP contribution is -2.23. The summed E-state index contributed by atoms with van der Waals surface area (Å²) in [5, 5.41) is 0. The molecule has 1 aromatic carbocycles. The fourth-order valence-corrected chi connectivity index (χ4v) is 2.57. The third-order valence-electron chi connectivity index (χ3n) is 4.25. The van der Waals surface area contributed by atoms with Crippen LogP contribution in [0.25, 0.3) is 0 Å². The van der Waals surface area contributed by atoms with Crippen molar-refractivity contribution in [3.05, 3.63) is 29.8 Å². The Labute approximate surface area is 137 Å². The first kappa shape index (κ1) is 19.0. The average Bonchev–Trinajstić information content (AvgIpc) is 2.50. The first-order chi connectivity index (χ1) is 10.5. The largest absolute Gasteiger partial charge is 0.494 e. The van der Waals surface area contributed by atoms with Gasteiger partial charge in [0.05, 0.1) is 6.61 Å². The van der Waals surface area contributed by atoms with Gasteiger partial charge in [-0.2, -0.15) is 0 Å². The van der Waals surface area contributed by atoms with Gasteiger partial charge in [0.25, 0.3) is 0 Å². The summed E-state index contributed by atoms with van der Waals surface area (Å²) < 4.78 is 5.83. The number of nitrogens with zero attached hydrogens (tertiary/aromatic N) is 1. The van der Waals surface area contributed by atoms with Crippen LogP contribution in [0.2, 0.25) is 0 Å². The molecule has 0 aliphatic heterocycles. The van der Waals surface area contributed by atoms with Crippen molar-refractivity contribution in [2.24, 2.45) is 0 Å². The van der Waals surface area contributed by atoms with Crippen LogP contribution in [-0.2, 0) is 5.41 Å². The zero-order chi connectivity index (χ0) is 16.4. The molecule has 0 N–H and O–H groups in total. The predicted octanol–water partition coefficient (Wildman–Crippen LogP) is 5.27. The van der Waals surface area contributed by atoms with Crippen molar-refractivity contribution in [2.75, 3.05) is 26.2 Å². The van der Waals surface area contributed by atoms with Crippen LogP contribution in [0.5, 0.6) is 5.75 Å². The highest BCUT2D eigenvalue weighted by Gasteiger charge is 2.12. The maximum Gasteiger partial charge on any atom is 0.119 e. The lowest BCUT2D eigenvalue weighted by molar-refractivity contribution is 0.284. The molecule has 0 spiro atoms. The minimum atomic E-state index is 0.212. The highest BCUT2D eigenvalue weighted by Crippen LogP contribution is 2.24. The van der Waals surface area contributed by atoms with Gasteiger partial charge in [-0.3, -0.25) is 0 Å². The van der Waals surface area contributed by atoms with E-state index < -0.39 is 0 Å². The molecule has 126 valence electrons. The molecule has 0 amide bonds. The van der Waals surface area contributed by atoms with Gasteiger partial charge < -0.3 is 9.64 Å². The zero-order valence-corrected chi connectivity index (χ0v) is 15.3. The van der Waals surface area contributed by atoms with Gasteiger partial charge in [-0.15, -0.1) is 0 Å². The summed E-state index contributed by atoms with van der Waals surface area (Å²) in [5.41, 5.74) is 1.57. The van der Waals surface area contributed by atoms with E-state index >= 15 is 0 Å². The molecule has 0 atom stereocenters. The Balaban J connectivity index is 2.12. The van der Waals surface area contributed by atoms with Crippen LogP contribution in [0, 0.1) is 0 Å². The van der Waals surface area contributed by atoms with E-state index in [9.17, 15) is 0 Å². The Morgan fingerprint density at radius 3 is 2.00 bits per heavy atom. The van der Waals surface area contributed by atoms with Crippen molar-refractivity contribution >= 4 is 0 Å². The fraction of sp³-hybridized carbons (Fsp3) is 0.700. The number of benzene rings is 1. The Hall–Kier alpha value is -1.02. The predicted molar refractivity (Wildman–Crippen MR) is 96.9 cm³/mol. The maximum atomic E-state index is 5.83. The molecule has 0 aliphatic rings. The molecule has 0 saturated heterocycles. The molecule has 0 aliphatic carbocycles. The third-order valence-corrected chi connectivity index (χ3v) is 4.25. The van der Waals surface area contributed by atoms with Crippen LogP contribution in [0.3, 0.4) is 0 Å². The van der Waals surface area contributed by atoms with Crippen molar-refractivity contribution in [3.8, 4) is 5.75 Å². The fourth-order valence-electron chi connectivity index (χ4n) is 2.57. The number of unbranched alkanes of at least 4 members (excludes halogenated alkanes) is 3. The van der Waals surface area contributed by atoms with Crippen LogP contribution >= 0.6 is 0 Å². The minimum absolute atomic E-state index is 0.212. The van der Waals surface area contributed by atoms with Gasteiger partial charge in [0, 0.05) is 0 Å². The van der Waals surface area contributed by atoms with Gasteiger partial charge in [-0.1, -0.05) is 59.6 Å².